The summed E-state index contributed by atoms with van der Waals surface area (Å²) >= 11 is 0. The Hall–Kier alpha value is -1.90. The van der Waals surface area contributed by atoms with Crippen molar-refractivity contribution in [2.75, 3.05) is 26.3 Å². The van der Waals surface area contributed by atoms with Gasteiger partial charge in [0.05, 0.1) is 6.61 Å². The van der Waals surface area contributed by atoms with E-state index in [-0.39, 0.29) is 25.0 Å². The predicted molar refractivity (Wildman–Crippen MR) is 73.9 cm³/mol. The molecule has 2 heterocycles. The van der Waals surface area contributed by atoms with Crippen LogP contribution in [0.4, 0.5) is 0 Å². The summed E-state index contributed by atoms with van der Waals surface area (Å²) in [5, 5.41) is 17.7. The van der Waals surface area contributed by atoms with Crippen LogP contribution in [-0.2, 0) is 0 Å². The van der Waals surface area contributed by atoms with E-state index < -0.39 is 0 Å². The molecule has 1 aliphatic heterocycles. The maximum Gasteiger partial charge on any atom is 0.272 e. The summed E-state index contributed by atoms with van der Waals surface area (Å²) in [5.41, 5.74) is 1.13. The first-order valence-electron chi connectivity index (χ1n) is 6.70. The molecule has 2 rings (SSSR count). The fourth-order valence-electron chi connectivity index (χ4n) is 2.14. The van der Waals surface area contributed by atoms with Gasteiger partial charge in [0.1, 0.15) is 5.69 Å². The van der Waals surface area contributed by atoms with E-state index in [9.17, 15) is 4.79 Å². The van der Waals surface area contributed by atoms with E-state index in [0.29, 0.717) is 25.2 Å². The number of pyridine rings is 1. The normalized spacial score (nSPS) is 17.7. The van der Waals surface area contributed by atoms with Gasteiger partial charge in [-0.1, -0.05) is 11.8 Å². The first-order valence-corrected chi connectivity index (χ1v) is 6.70. The number of aliphatic hydroxyl groups is 2. The fraction of sp³-hybridized carbons (Fsp3) is 0.467. The van der Waals surface area contributed by atoms with E-state index in [1.54, 1.807) is 23.2 Å². The molecular weight excluding hydrogens is 256 g/mol. The van der Waals surface area contributed by atoms with Gasteiger partial charge >= 0.3 is 0 Å². The summed E-state index contributed by atoms with van der Waals surface area (Å²) in [6.07, 6.45) is 2.83. The van der Waals surface area contributed by atoms with Gasteiger partial charge in [-0.25, -0.2) is 4.98 Å². The second kappa shape index (κ2) is 7.04. The molecule has 2 N–H and O–H groups in total. The molecule has 106 valence electrons. The van der Waals surface area contributed by atoms with Gasteiger partial charge in [-0.3, -0.25) is 4.79 Å². The molecule has 0 spiro atoms. The lowest BCUT2D eigenvalue weighted by Crippen LogP contribution is -2.29. The van der Waals surface area contributed by atoms with Crippen molar-refractivity contribution in [2.24, 2.45) is 5.92 Å². The summed E-state index contributed by atoms with van der Waals surface area (Å²) in [7, 11) is 0. The van der Waals surface area contributed by atoms with Gasteiger partial charge in [-0.15, -0.1) is 0 Å². The summed E-state index contributed by atoms with van der Waals surface area (Å²) in [6.45, 7) is 1.42. The number of rotatable bonds is 3. The van der Waals surface area contributed by atoms with Crippen molar-refractivity contribution in [3.05, 3.63) is 29.6 Å². The highest BCUT2D eigenvalue weighted by atomic mass is 16.3. The topological polar surface area (TPSA) is 73.7 Å². The number of aromatic nitrogens is 1. The molecule has 1 unspecified atom stereocenters. The molecule has 0 radical (unpaired) electrons. The van der Waals surface area contributed by atoms with Gasteiger partial charge in [0.25, 0.3) is 5.91 Å². The monoisotopic (exact) mass is 274 g/mol. The minimum atomic E-state index is -0.101. The zero-order valence-electron chi connectivity index (χ0n) is 11.2. The number of hydrogen-bond donors (Lipinski definition) is 2. The lowest BCUT2D eigenvalue weighted by molar-refractivity contribution is 0.0776. The van der Waals surface area contributed by atoms with E-state index in [1.165, 1.54) is 0 Å². The Morgan fingerprint density at radius 1 is 1.45 bits per heavy atom. The number of amides is 1. The van der Waals surface area contributed by atoms with Crippen LogP contribution < -0.4 is 0 Å². The van der Waals surface area contributed by atoms with Crippen molar-refractivity contribution in [1.82, 2.24) is 9.88 Å². The molecule has 0 aliphatic carbocycles. The lowest BCUT2D eigenvalue weighted by atomic mass is 10.1. The molecule has 1 amide bonds. The first-order chi connectivity index (χ1) is 9.74. The van der Waals surface area contributed by atoms with E-state index in [4.69, 9.17) is 10.2 Å². The Morgan fingerprint density at radius 3 is 2.90 bits per heavy atom. The van der Waals surface area contributed by atoms with Crippen LogP contribution in [0.25, 0.3) is 0 Å². The zero-order chi connectivity index (χ0) is 14.4. The Morgan fingerprint density at radius 2 is 2.30 bits per heavy atom. The smallest absolute Gasteiger partial charge is 0.272 e. The highest BCUT2D eigenvalue weighted by Gasteiger charge is 2.26. The van der Waals surface area contributed by atoms with Crippen molar-refractivity contribution in [3.63, 3.8) is 0 Å². The number of carbonyl (C=O) groups is 1. The number of carbonyl (C=O) groups excluding carboxylic acids is 1. The van der Waals surface area contributed by atoms with E-state index in [0.717, 1.165) is 12.0 Å². The van der Waals surface area contributed by atoms with Gasteiger partial charge in [0.2, 0.25) is 0 Å². The van der Waals surface area contributed by atoms with Crippen LogP contribution in [0.1, 0.15) is 28.9 Å². The Labute approximate surface area is 118 Å². The third kappa shape index (κ3) is 3.56. The summed E-state index contributed by atoms with van der Waals surface area (Å²) in [4.78, 5) is 18.0. The predicted octanol–water partition coefficient (Wildman–Crippen LogP) is 0.270. The molecule has 5 nitrogen and oxygen atoms in total. The molecule has 0 bridgehead atoms. The molecular formula is C15H18N2O3. The Bertz CT molecular complexity index is 516. The molecule has 1 atom stereocenters. The van der Waals surface area contributed by atoms with Crippen molar-refractivity contribution >= 4 is 5.91 Å². The van der Waals surface area contributed by atoms with Crippen LogP contribution in [0.2, 0.25) is 0 Å². The third-order valence-corrected chi connectivity index (χ3v) is 3.28. The highest BCUT2D eigenvalue weighted by molar-refractivity contribution is 5.92. The number of likely N-dealkylation sites (tertiary alicyclic amines) is 1. The minimum Gasteiger partial charge on any atom is -0.396 e. The van der Waals surface area contributed by atoms with Crippen LogP contribution in [0.3, 0.4) is 0 Å². The van der Waals surface area contributed by atoms with Crippen molar-refractivity contribution in [3.8, 4) is 11.8 Å². The molecule has 20 heavy (non-hydrogen) atoms. The molecule has 1 aromatic heterocycles. The van der Waals surface area contributed by atoms with Crippen molar-refractivity contribution in [1.29, 1.82) is 0 Å². The first kappa shape index (κ1) is 14.5. The van der Waals surface area contributed by atoms with Gasteiger partial charge in [0.15, 0.2) is 0 Å². The number of hydrogen-bond acceptors (Lipinski definition) is 4. The quantitative estimate of drug-likeness (QED) is 0.776. The van der Waals surface area contributed by atoms with Crippen LogP contribution in [0.15, 0.2) is 18.3 Å². The SMILES string of the molecule is O=C(c1ccc(C#CCCO)cn1)N1CCC(CO)C1. The molecule has 1 aromatic rings. The molecule has 0 aromatic carbocycles. The van der Waals surface area contributed by atoms with Crippen LogP contribution >= 0.6 is 0 Å². The van der Waals surface area contributed by atoms with Gasteiger partial charge in [-0.2, -0.15) is 0 Å². The minimum absolute atomic E-state index is 0.0397. The maximum atomic E-state index is 12.2. The summed E-state index contributed by atoms with van der Waals surface area (Å²) in [5.74, 6) is 5.75. The van der Waals surface area contributed by atoms with E-state index >= 15 is 0 Å². The summed E-state index contributed by atoms with van der Waals surface area (Å²) < 4.78 is 0. The third-order valence-electron chi connectivity index (χ3n) is 3.28. The zero-order valence-corrected chi connectivity index (χ0v) is 11.2. The largest absolute Gasteiger partial charge is 0.396 e. The summed E-state index contributed by atoms with van der Waals surface area (Å²) in [6, 6.07) is 3.42. The van der Waals surface area contributed by atoms with Crippen LogP contribution in [-0.4, -0.2) is 52.3 Å². The van der Waals surface area contributed by atoms with Crippen LogP contribution in [0, 0.1) is 17.8 Å². The van der Waals surface area contributed by atoms with Crippen molar-refractivity contribution < 1.29 is 15.0 Å². The maximum absolute atomic E-state index is 12.2. The van der Waals surface area contributed by atoms with Gasteiger partial charge in [-0.05, 0) is 18.6 Å². The van der Waals surface area contributed by atoms with Gasteiger partial charge < -0.3 is 15.1 Å². The standard InChI is InChI=1S/C15H18N2O3/c18-8-2-1-3-12-4-5-14(16-9-12)15(20)17-7-6-13(10-17)11-19/h4-5,9,13,18-19H,2,6-8,10-11H2. The van der Waals surface area contributed by atoms with Crippen LogP contribution in [0.5, 0.6) is 0 Å². The molecule has 0 saturated carbocycles. The van der Waals surface area contributed by atoms with E-state index in [1.807, 2.05) is 0 Å². The van der Waals surface area contributed by atoms with E-state index in [2.05, 4.69) is 16.8 Å². The Kier molecular flexibility index (Phi) is 5.10. The number of nitrogens with zero attached hydrogens (tertiary/aromatic N) is 2. The van der Waals surface area contributed by atoms with Gasteiger partial charge in [0, 0.05) is 43.8 Å². The number of aliphatic hydroxyl groups excluding tert-OH is 2. The highest BCUT2D eigenvalue weighted by Crippen LogP contribution is 2.17. The lowest BCUT2D eigenvalue weighted by Gasteiger charge is -2.15. The Balaban J connectivity index is 2.00. The average Bonchev–Trinajstić information content (AvgIpc) is 2.96. The fourth-order valence-corrected chi connectivity index (χ4v) is 2.14. The molecule has 5 heteroatoms. The molecule has 1 aliphatic rings. The molecule has 1 saturated heterocycles. The molecule has 1 fully saturated rings. The second-order valence-electron chi connectivity index (χ2n) is 4.80. The second-order valence-corrected chi connectivity index (χ2v) is 4.80. The van der Waals surface area contributed by atoms with Crippen molar-refractivity contribution in [2.45, 2.75) is 12.8 Å². The average molecular weight is 274 g/mol.